The number of aryl methyl sites for hydroxylation is 1. The predicted octanol–water partition coefficient (Wildman–Crippen LogP) is 3.57. The zero-order chi connectivity index (χ0) is 32.9. The van der Waals surface area contributed by atoms with Gasteiger partial charge in [0.1, 0.15) is 15.7 Å². The van der Waals surface area contributed by atoms with E-state index in [0.29, 0.717) is 19.4 Å². The molecular weight excluding hydrogens is 620 g/mol. The molecule has 0 spiro atoms. The number of unbranched alkanes of at least 4 members (excludes halogenated alkanes) is 1. The van der Waals surface area contributed by atoms with Crippen LogP contribution in [0.3, 0.4) is 0 Å². The molecule has 1 aliphatic rings. The fraction of sp³-hybridized carbons (Fsp3) is 0.400. The van der Waals surface area contributed by atoms with Gasteiger partial charge in [0, 0.05) is 13.0 Å². The summed E-state index contributed by atoms with van der Waals surface area (Å²) in [7, 11) is 1.34. The number of methoxy groups -OCH3 is 1. The summed E-state index contributed by atoms with van der Waals surface area (Å²) in [5.74, 6) is -1.43. The number of carbonyl (C=O) groups excluding carboxylic acids is 3. The maximum atomic E-state index is 12.7. The molecule has 1 fully saturated rings. The molecule has 2 aromatic carbocycles. The molecule has 2 amide bonds. The van der Waals surface area contributed by atoms with Gasteiger partial charge < -0.3 is 32.0 Å². The molecule has 0 saturated carbocycles. The van der Waals surface area contributed by atoms with Crippen molar-refractivity contribution in [1.82, 2.24) is 20.6 Å². The highest BCUT2D eigenvalue weighted by atomic mass is 35.5. The van der Waals surface area contributed by atoms with Crippen LogP contribution in [0.4, 0.5) is 16.4 Å². The summed E-state index contributed by atoms with van der Waals surface area (Å²) in [6.45, 7) is 5.74. The van der Waals surface area contributed by atoms with Gasteiger partial charge in [-0.05, 0) is 61.9 Å². The average molecular weight is 657 g/mol. The quantitative estimate of drug-likeness (QED) is 0.0700. The molecule has 1 aromatic heterocycles. The Morgan fingerprint density at radius 3 is 2.38 bits per heavy atom. The molecule has 8 N–H and O–H groups in total. The zero-order valence-corrected chi connectivity index (χ0v) is 27.1. The second-order valence-electron chi connectivity index (χ2n) is 11.5. The first-order valence-corrected chi connectivity index (χ1v) is 15.4. The number of nitrogen functional groups attached to an aromatic ring is 2. The number of amides is 2. The van der Waals surface area contributed by atoms with Crippen molar-refractivity contribution in [3.63, 3.8) is 0 Å². The van der Waals surface area contributed by atoms with Gasteiger partial charge >= 0.3 is 12.1 Å². The lowest BCUT2D eigenvalue weighted by Gasteiger charge is -2.24. The van der Waals surface area contributed by atoms with Crippen LogP contribution in [0.25, 0.3) is 10.8 Å². The van der Waals surface area contributed by atoms with Crippen LogP contribution in [0, 0.1) is 0 Å². The molecule has 45 heavy (non-hydrogen) atoms. The Balaban J connectivity index is 1.39. The smallest absolute Gasteiger partial charge is 0.408 e. The van der Waals surface area contributed by atoms with Crippen LogP contribution in [0.2, 0.25) is 5.15 Å². The molecule has 2 heterocycles. The Hall–Kier alpha value is -4.30. The lowest BCUT2D eigenvalue weighted by atomic mass is 9.92. The number of nitrogens with zero attached hydrogens (tertiary/aromatic N) is 3. The molecule has 0 aliphatic carbocycles. The third-order valence-electron chi connectivity index (χ3n) is 6.88. The zero-order valence-electron chi connectivity index (χ0n) is 25.5. The minimum absolute atomic E-state index is 0.0805. The summed E-state index contributed by atoms with van der Waals surface area (Å²) in [6, 6.07) is 12.1. The maximum absolute atomic E-state index is 12.7. The Labute approximate surface area is 270 Å². The van der Waals surface area contributed by atoms with Crippen LogP contribution in [-0.2, 0) is 27.1 Å². The third-order valence-corrected chi connectivity index (χ3v) is 8.64. The first-order chi connectivity index (χ1) is 21.2. The normalized spacial score (nSPS) is 17.9. The van der Waals surface area contributed by atoms with Crippen LogP contribution in [0.1, 0.15) is 55.2 Å². The standard InChI is InChI=1S/C30H37ClN8O5S/c1-29(2,3)44-28(42)39-30(21(45-30)26(41)43-4)15-17-13-12-16(18-10-5-6-11-19(17)18)9-7-8-14-35-27(34)38-25(40)20-23(32)37-24(33)22(31)36-20/h5-6,10-13,21H,7-9,14-15H2,1-4H3,(H,39,42)(H4,32,33,37)(H3,34,35,38,40)/t21?,30-/m0/s1. The van der Waals surface area contributed by atoms with E-state index < -0.39 is 33.7 Å². The number of fused-ring (bicyclic) bond motifs is 1. The minimum atomic E-state index is -0.870. The monoisotopic (exact) mass is 656 g/mol. The SMILES string of the molecule is COC(=O)C1S[C@]1(Cc1ccc(CCCCN=C(N)NC(=O)c2nc(Cl)c(N)nc2N)c2ccccc12)NC(=O)OC(C)(C)C. The van der Waals surface area contributed by atoms with Gasteiger partial charge in [-0.15, -0.1) is 11.8 Å². The van der Waals surface area contributed by atoms with E-state index in [0.717, 1.165) is 34.7 Å². The van der Waals surface area contributed by atoms with E-state index in [9.17, 15) is 14.4 Å². The molecular formula is C30H37ClN8O5S. The van der Waals surface area contributed by atoms with Crippen molar-refractivity contribution >= 4 is 69.7 Å². The number of rotatable bonds is 10. The molecule has 1 saturated heterocycles. The van der Waals surface area contributed by atoms with E-state index in [1.165, 1.54) is 18.9 Å². The topological polar surface area (TPSA) is 210 Å². The van der Waals surface area contributed by atoms with Crippen molar-refractivity contribution < 1.29 is 23.9 Å². The van der Waals surface area contributed by atoms with Crippen LogP contribution in [0.15, 0.2) is 41.4 Å². The molecule has 0 radical (unpaired) electrons. The highest BCUT2D eigenvalue weighted by molar-refractivity contribution is 8.09. The maximum Gasteiger partial charge on any atom is 0.408 e. The number of nitrogens with two attached hydrogens (primary N) is 3. The summed E-state index contributed by atoms with van der Waals surface area (Å²) in [5.41, 5.74) is 18.4. The van der Waals surface area contributed by atoms with Crippen molar-refractivity contribution in [3.05, 3.63) is 58.4 Å². The van der Waals surface area contributed by atoms with Crippen LogP contribution >= 0.6 is 23.4 Å². The van der Waals surface area contributed by atoms with E-state index in [4.69, 9.17) is 38.3 Å². The average Bonchev–Trinajstić information content (AvgIpc) is 3.66. The Bertz CT molecular complexity index is 1650. The molecule has 4 rings (SSSR count). The number of hydrogen-bond acceptors (Lipinski definition) is 11. The van der Waals surface area contributed by atoms with Crippen molar-refractivity contribution in [2.24, 2.45) is 10.7 Å². The number of guanidine groups is 1. The first kappa shape index (κ1) is 33.6. The number of aliphatic imine (C=N–C) groups is 1. The first-order valence-electron chi connectivity index (χ1n) is 14.2. The summed E-state index contributed by atoms with van der Waals surface area (Å²) in [6.07, 6.45) is 2.13. The van der Waals surface area contributed by atoms with E-state index in [2.05, 4.69) is 37.7 Å². The molecule has 3 aromatic rings. The summed E-state index contributed by atoms with van der Waals surface area (Å²) in [5, 5.41) is 6.79. The summed E-state index contributed by atoms with van der Waals surface area (Å²) in [4.78, 5) is 48.5. The Morgan fingerprint density at radius 1 is 1.04 bits per heavy atom. The van der Waals surface area contributed by atoms with E-state index in [1.54, 1.807) is 20.8 Å². The number of halogens is 1. The number of esters is 1. The van der Waals surface area contributed by atoms with E-state index in [1.807, 2.05) is 24.3 Å². The second-order valence-corrected chi connectivity index (χ2v) is 13.2. The summed E-state index contributed by atoms with van der Waals surface area (Å²) < 4.78 is 10.5. The van der Waals surface area contributed by atoms with Crippen molar-refractivity contribution in [3.8, 4) is 0 Å². The molecule has 15 heteroatoms. The lowest BCUT2D eigenvalue weighted by molar-refractivity contribution is -0.139. The molecule has 0 bridgehead atoms. The van der Waals surface area contributed by atoms with Gasteiger partial charge in [0.2, 0.25) is 0 Å². The number of carbonyl (C=O) groups is 3. The minimum Gasteiger partial charge on any atom is -0.468 e. The summed E-state index contributed by atoms with van der Waals surface area (Å²) >= 11 is 7.18. The highest BCUT2D eigenvalue weighted by Gasteiger charge is 2.62. The number of ether oxygens (including phenoxy) is 2. The van der Waals surface area contributed by atoms with Gasteiger partial charge in [0.15, 0.2) is 28.4 Å². The predicted molar refractivity (Wildman–Crippen MR) is 176 cm³/mol. The largest absolute Gasteiger partial charge is 0.468 e. The van der Waals surface area contributed by atoms with E-state index >= 15 is 0 Å². The number of alkyl carbamates (subject to hydrolysis) is 1. The fourth-order valence-corrected chi connectivity index (χ4v) is 6.09. The number of thioether (sulfide) groups is 1. The molecule has 2 atom stereocenters. The highest BCUT2D eigenvalue weighted by Crippen LogP contribution is 2.54. The van der Waals surface area contributed by atoms with Crippen molar-refractivity contribution in [2.75, 3.05) is 25.1 Å². The molecule has 1 unspecified atom stereocenters. The molecule has 13 nitrogen and oxygen atoms in total. The fourth-order valence-electron chi connectivity index (χ4n) is 4.80. The Morgan fingerprint density at radius 2 is 1.71 bits per heavy atom. The number of hydrogen-bond donors (Lipinski definition) is 5. The van der Waals surface area contributed by atoms with Gasteiger partial charge in [0.05, 0.1) is 7.11 Å². The lowest BCUT2D eigenvalue weighted by Crippen LogP contribution is -2.45. The molecule has 240 valence electrons. The van der Waals surface area contributed by atoms with Gasteiger partial charge in [-0.1, -0.05) is 48.0 Å². The van der Waals surface area contributed by atoms with Crippen LogP contribution in [-0.4, -0.2) is 63.3 Å². The third kappa shape index (κ3) is 8.45. The van der Waals surface area contributed by atoms with E-state index in [-0.39, 0.29) is 28.4 Å². The van der Waals surface area contributed by atoms with Gasteiger partial charge in [0.25, 0.3) is 5.91 Å². The van der Waals surface area contributed by atoms with Crippen LogP contribution < -0.4 is 27.8 Å². The number of nitrogens with one attached hydrogen (secondary N) is 2. The van der Waals surface area contributed by atoms with Gasteiger partial charge in [-0.25, -0.2) is 14.8 Å². The van der Waals surface area contributed by atoms with Gasteiger partial charge in [-0.3, -0.25) is 19.9 Å². The van der Waals surface area contributed by atoms with Crippen molar-refractivity contribution in [1.29, 1.82) is 0 Å². The number of anilines is 2. The number of benzene rings is 2. The molecule has 1 aliphatic heterocycles. The Kier molecular flexibility index (Phi) is 10.3. The second kappa shape index (κ2) is 13.8. The number of aromatic nitrogens is 2. The van der Waals surface area contributed by atoms with Crippen LogP contribution in [0.5, 0.6) is 0 Å². The van der Waals surface area contributed by atoms with Gasteiger partial charge in [-0.2, -0.15) is 0 Å². The van der Waals surface area contributed by atoms with Crippen molar-refractivity contribution in [2.45, 2.75) is 62.2 Å².